The molecule has 0 radical (unpaired) electrons. The molecule has 2 nitrogen and oxygen atoms in total. The summed E-state index contributed by atoms with van der Waals surface area (Å²) >= 11 is 6.30. The molecule has 0 amide bonds. The van der Waals surface area contributed by atoms with Crippen LogP contribution in [0.1, 0.15) is 17.2 Å². The van der Waals surface area contributed by atoms with E-state index in [-0.39, 0.29) is 6.04 Å². The number of halogens is 1. The maximum absolute atomic E-state index is 6.30. The van der Waals surface area contributed by atoms with Crippen LogP contribution in [-0.4, -0.2) is 0 Å². The summed E-state index contributed by atoms with van der Waals surface area (Å²) in [6.07, 6.45) is 0. The van der Waals surface area contributed by atoms with E-state index in [1.54, 1.807) is 0 Å². The van der Waals surface area contributed by atoms with Crippen molar-refractivity contribution in [2.24, 2.45) is 5.84 Å². The standard InChI is InChI=1S/C17H15ClN2/c18-16-11-4-3-9-15(16)17(20-19)14-10-5-7-12-6-1-2-8-13(12)14/h1-11,17,20H,19H2. The number of benzene rings is 3. The molecule has 3 heteroatoms. The highest BCUT2D eigenvalue weighted by Crippen LogP contribution is 2.31. The van der Waals surface area contributed by atoms with Gasteiger partial charge in [-0.15, -0.1) is 0 Å². The number of hydrazine groups is 1. The van der Waals surface area contributed by atoms with E-state index in [1.807, 2.05) is 42.5 Å². The Morgan fingerprint density at radius 1 is 0.800 bits per heavy atom. The topological polar surface area (TPSA) is 38.0 Å². The first kappa shape index (κ1) is 13.1. The number of hydrogen-bond donors (Lipinski definition) is 2. The average molecular weight is 283 g/mol. The molecule has 0 aliphatic rings. The van der Waals surface area contributed by atoms with Crippen molar-refractivity contribution in [1.82, 2.24) is 5.43 Å². The minimum atomic E-state index is -0.130. The van der Waals surface area contributed by atoms with Crippen molar-refractivity contribution in [3.8, 4) is 0 Å². The van der Waals surface area contributed by atoms with Crippen molar-refractivity contribution in [1.29, 1.82) is 0 Å². The first-order chi connectivity index (χ1) is 9.81. The van der Waals surface area contributed by atoms with Crippen molar-refractivity contribution in [2.45, 2.75) is 6.04 Å². The van der Waals surface area contributed by atoms with Gasteiger partial charge in [-0.25, -0.2) is 5.43 Å². The van der Waals surface area contributed by atoms with E-state index in [2.05, 4.69) is 29.7 Å². The van der Waals surface area contributed by atoms with Gasteiger partial charge < -0.3 is 0 Å². The molecule has 1 unspecified atom stereocenters. The minimum Gasteiger partial charge on any atom is -0.271 e. The van der Waals surface area contributed by atoms with Crippen LogP contribution in [-0.2, 0) is 0 Å². The van der Waals surface area contributed by atoms with E-state index in [9.17, 15) is 0 Å². The predicted octanol–water partition coefficient (Wildman–Crippen LogP) is 4.05. The van der Waals surface area contributed by atoms with Gasteiger partial charge in [-0.1, -0.05) is 72.3 Å². The first-order valence-corrected chi connectivity index (χ1v) is 6.87. The molecule has 0 bridgehead atoms. The number of rotatable bonds is 3. The molecule has 0 fully saturated rings. The summed E-state index contributed by atoms with van der Waals surface area (Å²) in [7, 11) is 0. The van der Waals surface area contributed by atoms with Crippen LogP contribution in [0.15, 0.2) is 66.7 Å². The van der Waals surface area contributed by atoms with Crippen molar-refractivity contribution < 1.29 is 0 Å². The third-order valence-electron chi connectivity index (χ3n) is 3.52. The molecular weight excluding hydrogens is 268 g/mol. The van der Waals surface area contributed by atoms with Gasteiger partial charge in [0.2, 0.25) is 0 Å². The highest BCUT2D eigenvalue weighted by molar-refractivity contribution is 6.31. The van der Waals surface area contributed by atoms with Gasteiger partial charge >= 0.3 is 0 Å². The van der Waals surface area contributed by atoms with Gasteiger partial charge in [-0.2, -0.15) is 0 Å². The summed E-state index contributed by atoms with van der Waals surface area (Å²) < 4.78 is 0. The zero-order chi connectivity index (χ0) is 13.9. The summed E-state index contributed by atoms with van der Waals surface area (Å²) in [6, 6.07) is 22.1. The lowest BCUT2D eigenvalue weighted by molar-refractivity contribution is 0.641. The normalized spacial score (nSPS) is 12.5. The van der Waals surface area contributed by atoms with E-state index in [1.165, 1.54) is 10.8 Å². The van der Waals surface area contributed by atoms with Crippen molar-refractivity contribution in [2.75, 3.05) is 0 Å². The van der Waals surface area contributed by atoms with Gasteiger partial charge in [0, 0.05) is 5.02 Å². The number of nitrogens with two attached hydrogens (primary N) is 1. The van der Waals surface area contributed by atoms with Crippen LogP contribution in [0, 0.1) is 0 Å². The van der Waals surface area contributed by atoms with Crippen LogP contribution < -0.4 is 11.3 Å². The highest BCUT2D eigenvalue weighted by Gasteiger charge is 2.17. The molecule has 1 atom stereocenters. The van der Waals surface area contributed by atoms with Crippen molar-refractivity contribution in [3.63, 3.8) is 0 Å². The molecular formula is C17H15ClN2. The minimum absolute atomic E-state index is 0.130. The van der Waals surface area contributed by atoms with E-state index in [0.717, 1.165) is 11.1 Å². The second-order valence-electron chi connectivity index (χ2n) is 4.69. The van der Waals surface area contributed by atoms with Gasteiger partial charge in [0.1, 0.15) is 0 Å². The van der Waals surface area contributed by atoms with Crippen LogP contribution >= 0.6 is 11.6 Å². The zero-order valence-corrected chi connectivity index (χ0v) is 11.6. The predicted molar refractivity (Wildman–Crippen MR) is 84.6 cm³/mol. The summed E-state index contributed by atoms with van der Waals surface area (Å²) in [5.74, 6) is 5.79. The average Bonchev–Trinajstić information content (AvgIpc) is 2.50. The number of hydrogen-bond acceptors (Lipinski definition) is 2. The molecule has 0 aliphatic heterocycles. The Labute approximate surface area is 123 Å². The van der Waals surface area contributed by atoms with Crippen molar-refractivity contribution >= 4 is 22.4 Å². The molecule has 0 saturated carbocycles. The summed E-state index contributed by atoms with van der Waals surface area (Å²) in [6.45, 7) is 0. The maximum atomic E-state index is 6.30. The van der Waals surface area contributed by atoms with E-state index < -0.39 is 0 Å². The van der Waals surface area contributed by atoms with Crippen LogP contribution in [0.5, 0.6) is 0 Å². The van der Waals surface area contributed by atoms with E-state index in [4.69, 9.17) is 17.4 Å². The second kappa shape index (κ2) is 5.63. The monoisotopic (exact) mass is 282 g/mol. The maximum Gasteiger partial charge on any atom is 0.0730 e. The van der Waals surface area contributed by atoms with Crippen LogP contribution in [0.3, 0.4) is 0 Å². The van der Waals surface area contributed by atoms with Crippen LogP contribution in [0.4, 0.5) is 0 Å². The molecule has 0 heterocycles. The Kier molecular flexibility index (Phi) is 3.70. The van der Waals surface area contributed by atoms with Gasteiger partial charge in [0.25, 0.3) is 0 Å². The second-order valence-corrected chi connectivity index (χ2v) is 5.10. The Morgan fingerprint density at radius 3 is 2.25 bits per heavy atom. The lowest BCUT2D eigenvalue weighted by Crippen LogP contribution is -2.29. The summed E-state index contributed by atoms with van der Waals surface area (Å²) in [5, 5.41) is 3.08. The fourth-order valence-corrected chi connectivity index (χ4v) is 2.80. The van der Waals surface area contributed by atoms with E-state index in [0.29, 0.717) is 5.02 Å². The van der Waals surface area contributed by atoms with Gasteiger partial charge in [0.15, 0.2) is 0 Å². The molecule has 0 saturated heterocycles. The Hall–Kier alpha value is -1.87. The lowest BCUT2D eigenvalue weighted by Gasteiger charge is -2.20. The van der Waals surface area contributed by atoms with Gasteiger partial charge in [-0.3, -0.25) is 5.84 Å². The lowest BCUT2D eigenvalue weighted by atomic mass is 9.94. The molecule has 100 valence electrons. The Morgan fingerprint density at radius 2 is 1.45 bits per heavy atom. The highest BCUT2D eigenvalue weighted by atomic mass is 35.5. The Bertz CT molecular complexity index is 734. The molecule has 3 aromatic carbocycles. The molecule has 0 aromatic heterocycles. The van der Waals surface area contributed by atoms with Gasteiger partial charge in [0.05, 0.1) is 6.04 Å². The van der Waals surface area contributed by atoms with Crippen LogP contribution in [0.2, 0.25) is 5.02 Å². The van der Waals surface area contributed by atoms with E-state index >= 15 is 0 Å². The largest absolute Gasteiger partial charge is 0.271 e. The fraction of sp³-hybridized carbons (Fsp3) is 0.0588. The molecule has 3 aromatic rings. The smallest absolute Gasteiger partial charge is 0.0730 e. The summed E-state index contributed by atoms with van der Waals surface area (Å²) in [5.41, 5.74) is 4.99. The SMILES string of the molecule is NNC(c1ccccc1Cl)c1cccc2ccccc12. The third kappa shape index (κ3) is 2.29. The number of nitrogens with one attached hydrogen (secondary N) is 1. The zero-order valence-electron chi connectivity index (χ0n) is 10.9. The van der Waals surface area contributed by atoms with Crippen molar-refractivity contribution in [3.05, 3.63) is 82.9 Å². The fourth-order valence-electron chi connectivity index (χ4n) is 2.56. The Balaban J connectivity index is 2.20. The molecule has 0 spiro atoms. The van der Waals surface area contributed by atoms with Gasteiger partial charge in [-0.05, 0) is 28.0 Å². The molecule has 0 aliphatic carbocycles. The first-order valence-electron chi connectivity index (χ1n) is 6.49. The molecule has 20 heavy (non-hydrogen) atoms. The third-order valence-corrected chi connectivity index (χ3v) is 3.86. The summed E-state index contributed by atoms with van der Waals surface area (Å²) in [4.78, 5) is 0. The van der Waals surface area contributed by atoms with Crippen LogP contribution in [0.25, 0.3) is 10.8 Å². The molecule has 3 rings (SSSR count). The molecule has 3 N–H and O–H groups in total. The number of fused-ring (bicyclic) bond motifs is 1. The quantitative estimate of drug-likeness (QED) is 0.562.